The van der Waals surface area contributed by atoms with Crippen LogP contribution in [0, 0.1) is 11.8 Å². The van der Waals surface area contributed by atoms with E-state index in [2.05, 4.69) is 24.1 Å². The van der Waals surface area contributed by atoms with Crippen molar-refractivity contribution in [2.75, 3.05) is 19.6 Å². The van der Waals surface area contributed by atoms with E-state index in [1.807, 2.05) is 37.3 Å². The molecule has 1 fully saturated rings. The summed E-state index contributed by atoms with van der Waals surface area (Å²) in [7, 11) is 0. The van der Waals surface area contributed by atoms with Gasteiger partial charge in [-0.15, -0.1) is 0 Å². The van der Waals surface area contributed by atoms with E-state index in [1.54, 1.807) is 0 Å². The Hall–Kier alpha value is -1.39. The van der Waals surface area contributed by atoms with Gasteiger partial charge in [-0.05, 0) is 44.3 Å². The van der Waals surface area contributed by atoms with E-state index >= 15 is 0 Å². The zero-order valence-corrected chi connectivity index (χ0v) is 14.7. The molecule has 3 unspecified atom stereocenters. The van der Waals surface area contributed by atoms with Crippen LogP contribution in [0.4, 0.5) is 0 Å². The first-order valence-electron chi connectivity index (χ1n) is 8.81. The Morgan fingerprint density at radius 1 is 1.26 bits per heavy atom. The second-order valence-electron chi connectivity index (χ2n) is 7.04. The van der Waals surface area contributed by atoms with Crippen LogP contribution in [0.25, 0.3) is 0 Å². The van der Waals surface area contributed by atoms with Gasteiger partial charge >= 0.3 is 0 Å². The van der Waals surface area contributed by atoms with Crippen molar-refractivity contribution in [1.82, 2.24) is 10.2 Å². The minimum Gasteiger partial charge on any atom is -0.354 e. The Bertz CT molecular complexity index is 483. The van der Waals surface area contributed by atoms with Crippen LogP contribution < -0.4 is 11.1 Å². The topological polar surface area (TPSA) is 58.4 Å². The van der Waals surface area contributed by atoms with Gasteiger partial charge in [-0.3, -0.25) is 9.69 Å². The molecular weight excluding hydrogens is 286 g/mol. The molecule has 23 heavy (non-hydrogen) atoms. The smallest absolute Gasteiger partial charge is 0.224 e. The summed E-state index contributed by atoms with van der Waals surface area (Å²) in [6, 6.07) is 9.95. The number of benzene rings is 1. The molecule has 3 atom stereocenters. The number of piperidine rings is 1. The largest absolute Gasteiger partial charge is 0.354 e. The first-order chi connectivity index (χ1) is 11.0. The maximum Gasteiger partial charge on any atom is 0.224 e. The van der Waals surface area contributed by atoms with Crippen LogP contribution in [0.5, 0.6) is 0 Å². The Labute approximate surface area is 140 Å². The molecular formula is C19H31N3O. The van der Waals surface area contributed by atoms with Crippen molar-refractivity contribution in [2.24, 2.45) is 17.6 Å². The standard InChI is InChI=1S/C19H31N3O/c1-14-9-11-22(12-10-14)15(2)13-21-19(23)16(3)18(20)17-7-5-4-6-8-17/h4-8,14-16,18H,9-13,20H2,1-3H3,(H,21,23). The SMILES string of the molecule is CC1CCN(C(C)CNC(=O)C(C)C(N)c2ccccc2)CC1. The van der Waals surface area contributed by atoms with Gasteiger partial charge < -0.3 is 11.1 Å². The minimum atomic E-state index is -0.262. The number of hydrogen-bond donors (Lipinski definition) is 2. The summed E-state index contributed by atoms with van der Waals surface area (Å²) in [5, 5.41) is 3.08. The van der Waals surface area contributed by atoms with E-state index in [4.69, 9.17) is 5.73 Å². The number of nitrogens with zero attached hydrogens (tertiary/aromatic N) is 1. The molecule has 1 heterocycles. The van der Waals surface area contributed by atoms with Gasteiger partial charge in [-0.25, -0.2) is 0 Å². The number of carbonyl (C=O) groups is 1. The third kappa shape index (κ3) is 5.05. The molecule has 128 valence electrons. The van der Waals surface area contributed by atoms with Gasteiger partial charge in [0.15, 0.2) is 0 Å². The second-order valence-corrected chi connectivity index (χ2v) is 7.04. The number of likely N-dealkylation sites (tertiary alicyclic amines) is 1. The maximum absolute atomic E-state index is 12.4. The van der Waals surface area contributed by atoms with Crippen LogP contribution in [0.2, 0.25) is 0 Å². The van der Waals surface area contributed by atoms with Crippen molar-refractivity contribution in [3.8, 4) is 0 Å². The van der Waals surface area contributed by atoms with Crippen LogP contribution in [0.1, 0.15) is 45.2 Å². The van der Waals surface area contributed by atoms with Crippen molar-refractivity contribution >= 4 is 5.91 Å². The first kappa shape index (κ1) is 18.0. The molecule has 1 aromatic rings. The van der Waals surface area contributed by atoms with Gasteiger partial charge in [0.25, 0.3) is 0 Å². The molecule has 0 aliphatic carbocycles. The fourth-order valence-electron chi connectivity index (χ4n) is 3.13. The van der Waals surface area contributed by atoms with Crippen molar-refractivity contribution < 1.29 is 4.79 Å². The van der Waals surface area contributed by atoms with Crippen molar-refractivity contribution in [3.05, 3.63) is 35.9 Å². The van der Waals surface area contributed by atoms with Crippen LogP contribution in [-0.4, -0.2) is 36.5 Å². The molecule has 1 saturated heterocycles. The predicted molar refractivity (Wildman–Crippen MR) is 95.0 cm³/mol. The van der Waals surface area contributed by atoms with Crippen LogP contribution >= 0.6 is 0 Å². The zero-order valence-electron chi connectivity index (χ0n) is 14.7. The van der Waals surface area contributed by atoms with Crippen molar-refractivity contribution in [3.63, 3.8) is 0 Å². The fraction of sp³-hybridized carbons (Fsp3) is 0.632. The van der Waals surface area contributed by atoms with E-state index in [9.17, 15) is 4.79 Å². The van der Waals surface area contributed by atoms with E-state index in [0.717, 1.165) is 24.6 Å². The van der Waals surface area contributed by atoms with Crippen LogP contribution in [0.3, 0.4) is 0 Å². The summed E-state index contributed by atoms with van der Waals surface area (Å²) < 4.78 is 0. The monoisotopic (exact) mass is 317 g/mol. The summed E-state index contributed by atoms with van der Waals surface area (Å²) in [4.78, 5) is 14.9. The Kier molecular flexibility index (Phi) is 6.60. The normalized spacial score (nSPS) is 20.7. The lowest BCUT2D eigenvalue weighted by Gasteiger charge is -2.35. The molecule has 1 aliphatic heterocycles. The summed E-state index contributed by atoms with van der Waals surface area (Å²) in [6.45, 7) is 9.38. The number of nitrogens with one attached hydrogen (secondary N) is 1. The highest BCUT2D eigenvalue weighted by Crippen LogP contribution is 2.20. The predicted octanol–water partition coefficient (Wildman–Crippen LogP) is 2.56. The van der Waals surface area contributed by atoms with E-state index in [1.165, 1.54) is 12.8 Å². The Morgan fingerprint density at radius 2 is 1.87 bits per heavy atom. The van der Waals surface area contributed by atoms with E-state index in [0.29, 0.717) is 12.6 Å². The molecule has 1 aliphatic rings. The molecule has 4 heteroatoms. The average molecular weight is 317 g/mol. The van der Waals surface area contributed by atoms with Gasteiger partial charge in [-0.1, -0.05) is 44.2 Å². The second kappa shape index (κ2) is 8.46. The fourth-order valence-corrected chi connectivity index (χ4v) is 3.13. The molecule has 4 nitrogen and oxygen atoms in total. The summed E-state index contributed by atoms with van der Waals surface area (Å²) in [5.41, 5.74) is 7.24. The summed E-state index contributed by atoms with van der Waals surface area (Å²) in [6.07, 6.45) is 2.52. The van der Waals surface area contributed by atoms with Crippen molar-refractivity contribution in [1.29, 1.82) is 0 Å². The highest BCUT2D eigenvalue weighted by molar-refractivity contribution is 5.79. The molecule has 0 spiro atoms. The highest BCUT2D eigenvalue weighted by atomic mass is 16.1. The number of nitrogens with two attached hydrogens (primary N) is 1. The number of hydrogen-bond acceptors (Lipinski definition) is 3. The number of rotatable bonds is 6. The highest BCUT2D eigenvalue weighted by Gasteiger charge is 2.24. The average Bonchev–Trinajstić information content (AvgIpc) is 2.59. The van der Waals surface area contributed by atoms with Crippen molar-refractivity contribution in [2.45, 2.75) is 45.7 Å². The van der Waals surface area contributed by atoms with E-state index < -0.39 is 0 Å². The molecule has 1 aromatic carbocycles. The summed E-state index contributed by atoms with van der Waals surface area (Å²) >= 11 is 0. The van der Waals surface area contributed by atoms with Gasteiger partial charge in [0.2, 0.25) is 5.91 Å². The Morgan fingerprint density at radius 3 is 2.48 bits per heavy atom. The number of amides is 1. The zero-order chi connectivity index (χ0) is 16.8. The van der Waals surface area contributed by atoms with Gasteiger partial charge in [0.1, 0.15) is 0 Å². The summed E-state index contributed by atoms with van der Waals surface area (Å²) in [5.74, 6) is 0.640. The molecule has 0 aromatic heterocycles. The lowest BCUT2D eigenvalue weighted by atomic mass is 9.94. The molecule has 1 amide bonds. The molecule has 2 rings (SSSR count). The lowest BCUT2D eigenvalue weighted by Crippen LogP contribution is -2.47. The first-order valence-corrected chi connectivity index (χ1v) is 8.81. The third-order valence-electron chi connectivity index (χ3n) is 5.15. The van der Waals surface area contributed by atoms with Gasteiger partial charge in [0, 0.05) is 18.6 Å². The number of carbonyl (C=O) groups excluding carboxylic acids is 1. The molecule has 0 saturated carbocycles. The van der Waals surface area contributed by atoms with Gasteiger partial charge in [-0.2, -0.15) is 0 Å². The quantitative estimate of drug-likeness (QED) is 0.848. The molecule has 0 radical (unpaired) electrons. The van der Waals surface area contributed by atoms with Crippen LogP contribution in [-0.2, 0) is 4.79 Å². The maximum atomic E-state index is 12.4. The Balaban J connectivity index is 1.79. The minimum absolute atomic E-state index is 0.0404. The van der Waals surface area contributed by atoms with Gasteiger partial charge in [0.05, 0.1) is 5.92 Å². The molecule has 0 bridgehead atoms. The lowest BCUT2D eigenvalue weighted by molar-refractivity contribution is -0.125. The third-order valence-corrected chi connectivity index (χ3v) is 5.15. The van der Waals surface area contributed by atoms with Crippen LogP contribution in [0.15, 0.2) is 30.3 Å². The van der Waals surface area contributed by atoms with E-state index in [-0.39, 0.29) is 17.9 Å². The molecule has 3 N–H and O–H groups in total.